The molecule has 0 spiro atoms. The lowest BCUT2D eigenvalue weighted by Gasteiger charge is -2.41. The van der Waals surface area contributed by atoms with Gasteiger partial charge in [0.1, 0.15) is 42.7 Å². The number of phosphoric acid groups is 1. The smallest absolute Gasteiger partial charge is 0.457 e. The molecule has 0 heterocycles. The summed E-state index contributed by atoms with van der Waals surface area (Å²) in [6, 6.07) is 0. The van der Waals surface area contributed by atoms with E-state index in [-0.39, 0.29) is 13.0 Å². The number of esters is 1. The number of hydrogen-bond acceptors (Lipinski definition) is 11. The van der Waals surface area contributed by atoms with Crippen molar-refractivity contribution >= 4 is 13.8 Å². The third-order valence-corrected chi connectivity index (χ3v) is 13.3. The van der Waals surface area contributed by atoms with Gasteiger partial charge in [-0.1, -0.05) is 212 Å². The second-order valence-electron chi connectivity index (χ2n) is 18.4. The normalized spacial score (nSPS) is 21.8. The Kier molecular flexibility index (Phi) is 39.9. The van der Waals surface area contributed by atoms with Crippen molar-refractivity contribution in [2.75, 3.05) is 19.8 Å². The molecule has 6 atom stereocenters. The maximum absolute atomic E-state index is 12.8. The Morgan fingerprint density at radius 3 is 1.38 bits per heavy atom. The first kappa shape index (κ1) is 60.8. The highest BCUT2D eigenvalue weighted by molar-refractivity contribution is 7.47. The van der Waals surface area contributed by atoms with Crippen LogP contribution in [0.3, 0.4) is 0 Å². The molecule has 0 amide bonds. The molecule has 0 bridgehead atoms. The zero-order valence-electron chi connectivity index (χ0n) is 40.6. The van der Waals surface area contributed by atoms with Gasteiger partial charge in [-0.3, -0.25) is 13.8 Å². The van der Waals surface area contributed by atoms with E-state index in [9.17, 15) is 39.8 Å². The van der Waals surface area contributed by atoms with Gasteiger partial charge in [-0.15, -0.1) is 0 Å². The van der Waals surface area contributed by atoms with E-state index in [2.05, 4.69) is 38.2 Å². The molecular formula is C51H97O12P. The summed E-state index contributed by atoms with van der Waals surface area (Å²) in [7, 11) is -5.02. The Balaban J connectivity index is 2.29. The zero-order chi connectivity index (χ0) is 46.9. The van der Waals surface area contributed by atoms with Crippen LogP contribution in [-0.2, 0) is 27.9 Å². The van der Waals surface area contributed by atoms with Crippen LogP contribution < -0.4 is 0 Å². The number of ether oxygens (including phenoxy) is 2. The molecule has 1 saturated carbocycles. The summed E-state index contributed by atoms with van der Waals surface area (Å²) in [5.41, 5.74) is 0. The number of aliphatic hydroxyl groups is 5. The summed E-state index contributed by atoms with van der Waals surface area (Å²) < 4.78 is 34.3. The first-order valence-corrected chi connectivity index (χ1v) is 27.7. The van der Waals surface area contributed by atoms with Crippen LogP contribution in [0, 0.1) is 0 Å². The van der Waals surface area contributed by atoms with Crippen molar-refractivity contribution < 1.29 is 58.3 Å². The van der Waals surface area contributed by atoms with Gasteiger partial charge in [-0.25, -0.2) is 4.57 Å². The number of carbonyl (C=O) groups is 1. The van der Waals surface area contributed by atoms with Gasteiger partial charge >= 0.3 is 13.8 Å². The van der Waals surface area contributed by atoms with E-state index in [0.717, 1.165) is 64.2 Å². The Morgan fingerprint density at radius 1 is 0.500 bits per heavy atom. The maximum Gasteiger partial charge on any atom is 0.472 e. The summed E-state index contributed by atoms with van der Waals surface area (Å²) in [6.07, 6.45) is 36.8. The Hall–Kier alpha value is -1.18. The highest BCUT2D eigenvalue weighted by Crippen LogP contribution is 2.47. The lowest BCUT2D eigenvalue weighted by molar-refractivity contribution is -0.220. The molecule has 13 heteroatoms. The van der Waals surface area contributed by atoms with Crippen LogP contribution in [0.1, 0.15) is 232 Å². The minimum Gasteiger partial charge on any atom is -0.457 e. The maximum atomic E-state index is 12.8. The molecule has 378 valence electrons. The quantitative estimate of drug-likeness (QED) is 0.0147. The number of aliphatic hydroxyl groups excluding tert-OH is 5. The number of phosphoric ester groups is 1. The third-order valence-electron chi connectivity index (χ3n) is 12.3. The number of carbonyl (C=O) groups excluding carboxylic acids is 1. The van der Waals surface area contributed by atoms with Gasteiger partial charge in [0.05, 0.1) is 13.2 Å². The minimum absolute atomic E-state index is 0.0800. The van der Waals surface area contributed by atoms with E-state index in [4.69, 9.17) is 18.5 Å². The summed E-state index contributed by atoms with van der Waals surface area (Å²) in [5, 5.41) is 50.3. The fourth-order valence-electron chi connectivity index (χ4n) is 8.16. The van der Waals surface area contributed by atoms with Crippen LogP contribution in [0.4, 0.5) is 0 Å². The molecule has 0 aromatic heterocycles. The van der Waals surface area contributed by atoms with E-state index < -0.39 is 63.1 Å². The van der Waals surface area contributed by atoms with Gasteiger partial charge in [-0.2, -0.15) is 0 Å². The average Bonchev–Trinajstić information content (AvgIpc) is 3.28. The molecule has 1 fully saturated rings. The first-order chi connectivity index (χ1) is 31.0. The predicted molar refractivity (Wildman–Crippen MR) is 258 cm³/mol. The molecule has 1 aliphatic rings. The molecular weight excluding hydrogens is 836 g/mol. The zero-order valence-corrected chi connectivity index (χ0v) is 41.5. The number of allylic oxidation sites excluding steroid dienone is 4. The van der Waals surface area contributed by atoms with Crippen LogP contribution in [0.2, 0.25) is 0 Å². The Labute approximate surface area is 390 Å². The van der Waals surface area contributed by atoms with Gasteiger partial charge in [0.2, 0.25) is 0 Å². The fraction of sp³-hybridized carbons (Fsp3) is 0.902. The van der Waals surface area contributed by atoms with Gasteiger partial charge in [-0.05, 0) is 38.5 Å². The van der Waals surface area contributed by atoms with Crippen molar-refractivity contribution in [1.29, 1.82) is 0 Å². The van der Waals surface area contributed by atoms with Crippen molar-refractivity contribution in [1.82, 2.24) is 0 Å². The summed E-state index contributed by atoms with van der Waals surface area (Å²) >= 11 is 0. The SMILES string of the molecule is CCC/C=C\C/C=C\CCCCCCCCOCC(COP(=O)(O)OC1C(O)C(O)C(O)C(O)C1O)OC(=O)CCCCCCCCCCCCCCCCCCCCCCCCC. The van der Waals surface area contributed by atoms with Crippen molar-refractivity contribution in [3.63, 3.8) is 0 Å². The van der Waals surface area contributed by atoms with Crippen LogP contribution in [0.25, 0.3) is 0 Å². The monoisotopic (exact) mass is 933 g/mol. The topological polar surface area (TPSA) is 192 Å². The lowest BCUT2D eigenvalue weighted by Crippen LogP contribution is -2.64. The largest absolute Gasteiger partial charge is 0.472 e. The highest BCUT2D eigenvalue weighted by atomic mass is 31.2. The molecule has 0 aromatic rings. The van der Waals surface area contributed by atoms with Crippen molar-refractivity contribution in [2.45, 2.75) is 275 Å². The minimum atomic E-state index is -5.02. The molecule has 64 heavy (non-hydrogen) atoms. The van der Waals surface area contributed by atoms with E-state index in [0.29, 0.717) is 13.0 Å². The van der Waals surface area contributed by atoms with Gasteiger partial charge in [0, 0.05) is 13.0 Å². The highest BCUT2D eigenvalue weighted by Gasteiger charge is 2.51. The van der Waals surface area contributed by atoms with Gasteiger partial charge in [0.15, 0.2) is 0 Å². The molecule has 6 unspecified atom stereocenters. The summed E-state index contributed by atoms with van der Waals surface area (Å²) in [5.74, 6) is -0.476. The average molecular weight is 933 g/mol. The molecule has 0 aliphatic heterocycles. The number of hydrogen-bond donors (Lipinski definition) is 6. The molecule has 1 aliphatic carbocycles. The standard InChI is InChI=1S/C51H97O12P/c1-3-5-7-9-11-13-15-17-19-20-21-22-23-24-25-26-27-28-30-32-34-36-38-40-45(52)62-44(42-60-41-39-37-35-33-31-29-18-16-14-12-10-8-6-4-2)43-61-64(58,59)63-51-49(56)47(54)46(53)48(55)50(51)57/h8,10,14,16,44,46-51,53-57H,3-7,9,11-13,15,17-43H2,1-2H3,(H,58,59)/b10-8-,16-14-. The van der Waals surface area contributed by atoms with Crippen molar-refractivity contribution in [2.24, 2.45) is 0 Å². The second-order valence-corrected chi connectivity index (χ2v) is 19.8. The van der Waals surface area contributed by atoms with E-state index in [1.165, 1.54) is 141 Å². The fourth-order valence-corrected chi connectivity index (χ4v) is 9.13. The lowest BCUT2D eigenvalue weighted by atomic mass is 9.85. The summed E-state index contributed by atoms with van der Waals surface area (Å²) in [6.45, 7) is 4.21. The number of rotatable bonds is 45. The van der Waals surface area contributed by atoms with E-state index in [1.54, 1.807) is 0 Å². The van der Waals surface area contributed by atoms with E-state index >= 15 is 0 Å². The van der Waals surface area contributed by atoms with Crippen LogP contribution in [0.15, 0.2) is 24.3 Å². The van der Waals surface area contributed by atoms with Gasteiger partial charge < -0.3 is 39.9 Å². The van der Waals surface area contributed by atoms with Crippen LogP contribution in [-0.4, -0.2) is 98.9 Å². The molecule has 0 saturated heterocycles. The number of unbranched alkanes of at least 4 members (excludes halogenated alkanes) is 29. The van der Waals surface area contributed by atoms with E-state index in [1.807, 2.05) is 0 Å². The third kappa shape index (κ3) is 33.3. The van der Waals surface area contributed by atoms with Gasteiger partial charge in [0.25, 0.3) is 0 Å². The predicted octanol–water partition coefficient (Wildman–Crippen LogP) is 11.7. The molecule has 1 rings (SSSR count). The second kappa shape index (κ2) is 42.0. The molecule has 0 aromatic carbocycles. The molecule has 0 radical (unpaired) electrons. The first-order valence-electron chi connectivity index (χ1n) is 26.2. The van der Waals surface area contributed by atoms with Crippen LogP contribution >= 0.6 is 7.82 Å². The van der Waals surface area contributed by atoms with Crippen molar-refractivity contribution in [3.8, 4) is 0 Å². The van der Waals surface area contributed by atoms with Crippen LogP contribution in [0.5, 0.6) is 0 Å². The Morgan fingerprint density at radius 2 is 0.906 bits per heavy atom. The molecule has 6 N–H and O–H groups in total. The molecule has 12 nitrogen and oxygen atoms in total. The van der Waals surface area contributed by atoms with Crippen molar-refractivity contribution in [3.05, 3.63) is 24.3 Å². The summed E-state index contributed by atoms with van der Waals surface area (Å²) in [4.78, 5) is 23.2. The Bertz CT molecular complexity index is 1150.